The molecule has 40 atom stereocenters. The van der Waals surface area contributed by atoms with Crippen LogP contribution in [-0.4, -0.2) is 441 Å². The third kappa shape index (κ3) is 26.2. The lowest BCUT2D eigenvalue weighted by Crippen LogP contribution is -2.68. The molecule has 8 fully saturated rings. The molecule has 0 aromatic heterocycles. The molecule has 8 aliphatic rings. The lowest BCUT2D eigenvalue weighted by Gasteiger charge is -2.50. The van der Waals surface area contributed by atoms with Gasteiger partial charge in [-0.15, -0.1) is 0 Å². The Kier molecular flexibility index (Phi) is 34.3. The minimum Gasteiger partial charge on any atom is -0.479 e. The van der Waals surface area contributed by atoms with Gasteiger partial charge in [-0.2, -0.15) is 58.9 Å². The topological polar surface area (TPSA) is 944 Å². The quantitative estimate of drug-likeness (QED) is 0.0257. The van der Waals surface area contributed by atoms with E-state index in [0.717, 1.165) is 27.9 Å². The number of ether oxygens (including phenoxy) is 16. The molecule has 0 aliphatic carbocycles. The van der Waals surface area contributed by atoms with Gasteiger partial charge in [0.05, 0.1) is 50.8 Å². The molecule has 8 rings (SSSR count). The van der Waals surface area contributed by atoms with Gasteiger partial charge in [0.15, 0.2) is 99.2 Å². The summed E-state index contributed by atoms with van der Waals surface area (Å²) in [7, 11) is -39.3. The van der Waals surface area contributed by atoms with E-state index in [2.05, 4.69) is 29.3 Å². The third-order valence-electron chi connectivity index (χ3n) is 19.5. The first-order valence-electron chi connectivity index (χ1n) is 34.4. The Hall–Kier alpha value is -4.07. The molecule has 0 spiro atoms. The second kappa shape index (κ2) is 40.5. The number of hydrogen-bond donors (Lipinski definition) is 21. The van der Waals surface area contributed by atoms with Crippen LogP contribution in [0, 0.1) is 23.7 Å². The number of aliphatic hydroxyl groups excluding tert-OH is 10. The largest absolute Gasteiger partial charge is 0.479 e. The highest BCUT2D eigenvalue weighted by atomic mass is 32.3. The van der Waals surface area contributed by atoms with Crippen LogP contribution in [0.5, 0.6) is 0 Å². The molecular weight excluding hydrogens is 1850 g/mol. The van der Waals surface area contributed by atoms with E-state index in [1.54, 1.807) is 0 Å². The van der Waals surface area contributed by atoms with Crippen LogP contribution in [0.1, 0.15) is 27.7 Å². The van der Waals surface area contributed by atoms with Crippen LogP contribution in [0.25, 0.3) is 0 Å². The highest BCUT2D eigenvalue weighted by Crippen LogP contribution is 2.43. The van der Waals surface area contributed by atoms with Gasteiger partial charge in [0.25, 0.3) is 0 Å². The van der Waals surface area contributed by atoms with Gasteiger partial charge < -0.3 is 147 Å². The maximum absolute atomic E-state index is 13.2. The predicted molar refractivity (Wildman–Crippen MR) is 357 cm³/mol. The van der Waals surface area contributed by atoms with Crippen LogP contribution in [0.2, 0.25) is 0 Å². The normalized spacial score (nSPS) is 43.1. The molecular formula is C53H84O62S7. The first kappa shape index (κ1) is 103. The van der Waals surface area contributed by atoms with Crippen LogP contribution >= 0.6 is 0 Å². The van der Waals surface area contributed by atoms with E-state index < -0.39 is 368 Å². The van der Waals surface area contributed by atoms with Crippen LogP contribution in [-0.2, 0) is 197 Å². The molecule has 0 aromatic carbocycles. The summed E-state index contributed by atoms with van der Waals surface area (Å²) in [6.45, 7) is -2.08. The standard InChI is InChI=1S/C53H84O62S7/c1-10-18(55)28(15(98-46(10)93-5)7-94-116(72,73)74)103-52-37(114-121(87,88)89)24(61)31(39(110-52)43(66)67)105-47-11(2)19(56)27(14(6-54)97-47)101-51-36(113-120(84,85)86)25(62)32(40(109-51)44(68)69)106-49-13(4)21(58)30(17(100-49)9-96-118(78,79)80)104-53-38(115-122(90,91)92)26(63)33(41(111-53)45(70)71)107-48-12(3)20(57)29(16(99-48)8-95-117(75,76)77)102-50-35(112-119(81,82)83)23(60)22(59)34(108-50)42(64)65/h10-41,46-63H,6-9H2,1-5H3,(H,64,65)(H,66,67)(H,68,69)(H,70,71)(H,72,73,74)(H,75,76,77)(H,78,79,80)(H,81,82,83)(H,84,85,86)(H,87,88,89)(H,90,91,92)/t10-,11-,12-,13-,14?,15?,16?,17?,18?,19?,20?,21?,22+,23?,24?,25?,26?,27-,28-,29-,30-,31+,32+,33+,34?,35-,36-,37-,38-,39?,40?,41?,46-,47-,48-,49-,50+,51+,52+,53+/m0/s1. The summed E-state index contributed by atoms with van der Waals surface area (Å²) in [5.74, 6) is -15.8. The molecule has 16 unspecified atom stereocenters. The fraction of sp³-hybridized carbons (Fsp3) is 0.925. The first-order valence-corrected chi connectivity index (χ1v) is 44.0. The summed E-state index contributed by atoms with van der Waals surface area (Å²) in [6.07, 6.45) is -92.0. The van der Waals surface area contributed by atoms with Crippen molar-refractivity contribution in [1.82, 2.24) is 0 Å². The average Bonchev–Trinajstić information content (AvgIpc) is 0.768. The SMILES string of the molecule is CO[C@H]1OC(COS(=O)(=O)O)[C@H](O[C@@H]2OC(C(=O)O)[C@H](O[C@@H]3OC(CO)[C@H](O[C@@H]4OC(C(=O)O)[C@H](O[C@@H]5OC(COS(=O)(=O)O)[C@H](O[C@@H]6OC(C(=O)O)[C@H](O[C@@H]7OC(COS(=O)(=O)O)[C@H](O[C@@H]8OC(C(=O)O)[C@H](O)C(O)[C@@H]8OS(=O)(=O)O)C(O)[C@@H]7C)C(O)[C@@H]6OS(=O)(=O)O)C(O)[C@@H]5C)C(O)[C@@H]4OS(=O)(=O)O)C(O)[C@@H]3C)C(O)[C@@H]2OS(=O)(=O)O)C(O)[C@@H]1C. The van der Waals surface area contributed by atoms with E-state index in [-0.39, 0.29) is 0 Å². The molecule has 710 valence electrons. The van der Waals surface area contributed by atoms with E-state index in [1.165, 1.54) is 6.92 Å². The Morgan fingerprint density at radius 2 is 0.475 bits per heavy atom. The predicted octanol–water partition coefficient (Wildman–Crippen LogP) is -13.5. The van der Waals surface area contributed by atoms with Crippen LogP contribution in [0.3, 0.4) is 0 Å². The van der Waals surface area contributed by atoms with Crippen LogP contribution in [0.4, 0.5) is 0 Å². The number of carbonyl (C=O) groups is 4. The number of carboxylic acid groups (broad SMARTS) is 4. The highest BCUT2D eigenvalue weighted by Gasteiger charge is 2.63. The van der Waals surface area contributed by atoms with Gasteiger partial charge in [-0.1, -0.05) is 27.7 Å². The molecule has 0 aromatic rings. The zero-order valence-corrected chi connectivity index (χ0v) is 67.6. The average molecular weight is 1940 g/mol. The van der Waals surface area contributed by atoms with Crippen molar-refractivity contribution in [3.63, 3.8) is 0 Å². The Morgan fingerprint density at radius 1 is 0.262 bits per heavy atom. The second-order valence-corrected chi connectivity index (χ2v) is 35.3. The lowest BCUT2D eigenvalue weighted by atomic mass is 9.90. The summed E-state index contributed by atoms with van der Waals surface area (Å²) in [6, 6.07) is 0. The second-order valence-electron chi connectivity index (χ2n) is 27.8. The molecule has 69 heteroatoms. The van der Waals surface area contributed by atoms with Gasteiger partial charge in [0.2, 0.25) is 0 Å². The lowest BCUT2D eigenvalue weighted by molar-refractivity contribution is -0.385. The minimum atomic E-state index is -6.09. The third-order valence-corrected chi connectivity index (χ3v) is 22.7. The zero-order valence-electron chi connectivity index (χ0n) is 61.9. The summed E-state index contributed by atoms with van der Waals surface area (Å²) in [5, 5.41) is 156. The van der Waals surface area contributed by atoms with Crippen molar-refractivity contribution >= 4 is 96.7 Å². The number of methoxy groups -OCH3 is 1. The molecule has 0 amide bonds. The summed E-state index contributed by atoms with van der Waals surface area (Å²) in [4.78, 5) is 51.3. The van der Waals surface area contributed by atoms with Crippen molar-refractivity contribution in [2.45, 2.75) is 249 Å². The Balaban J connectivity index is 1.03. The summed E-state index contributed by atoms with van der Waals surface area (Å²) >= 11 is 0. The number of hydrogen-bond acceptors (Lipinski definition) is 51. The fourth-order valence-electron chi connectivity index (χ4n) is 13.7. The molecule has 0 radical (unpaired) electrons. The fourth-order valence-corrected chi connectivity index (χ4v) is 16.6. The Bertz CT molecular complexity index is 4430. The molecule has 21 N–H and O–H groups in total. The molecule has 62 nitrogen and oxygen atoms in total. The molecule has 8 saturated heterocycles. The van der Waals surface area contributed by atoms with Gasteiger partial charge in [0.1, 0.15) is 97.7 Å². The minimum absolute atomic E-state index is 0.836. The molecule has 8 heterocycles. The van der Waals surface area contributed by atoms with E-state index in [0.29, 0.717) is 0 Å². The van der Waals surface area contributed by atoms with Crippen molar-refractivity contribution in [2.75, 3.05) is 33.5 Å². The monoisotopic (exact) mass is 1940 g/mol. The molecule has 122 heavy (non-hydrogen) atoms. The van der Waals surface area contributed by atoms with Crippen molar-refractivity contribution < 1.29 is 287 Å². The van der Waals surface area contributed by atoms with Gasteiger partial charge in [-0.3, -0.25) is 31.9 Å². The summed E-state index contributed by atoms with van der Waals surface area (Å²) < 4.78 is 357. The van der Waals surface area contributed by atoms with Crippen molar-refractivity contribution in [3.8, 4) is 0 Å². The van der Waals surface area contributed by atoms with Crippen LogP contribution in [0.15, 0.2) is 0 Å². The number of rotatable bonds is 37. The maximum atomic E-state index is 13.2. The van der Waals surface area contributed by atoms with Gasteiger partial charge in [-0.05, 0) is 0 Å². The molecule has 0 saturated carbocycles. The number of aliphatic hydroxyl groups is 10. The van der Waals surface area contributed by atoms with E-state index in [9.17, 15) is 181 Å². The van der Waals surface area contributed by atoms with E-state index in [1.807, 2.05) is 0 Å². The van der Waals surface area contributed by atoms with Crippen LogP contribution < -0.4 is 0 Å². The van der Waals surface area contributed by atoms with Gasteiger partial charge in [0, 0.05) is 30.8 Å². The van der Waals surface area contributed by atoms with E-state index in [4.69, 9.17) is 75.8 Å². The summed E-state index contributed by atoms with van der Waals surface area (Å²) in [5.41, 5.74) is 0. The number of aliphatic carboxylic acids is 4. The highest BCUT2D eigenvalue weighted by molar-refractivity contribution is 7.82. The van der Waals surface area contributed by atoms with Gasteiger partial charge >= 0.3 is 96.7 Å². The Labute approximate surface area is 686 Å². The van der Waals surface area contributed by atoms with Crippen molar-refractivity contribution in [3.05, 3.63) is 0 Å². The van der Waals surface area contributed by atoms with E-state index >= 15 is 0 Å². The Morgan fingerprint density at radius 3 is 0.705 bits per heavy atom. The molecule has 0 bridgehead atoms. The maximum Gasteiger partial charge on any atom is 0.397 e. The smallest absolute Gasteiger partial charge is 0.397 e. The van der Waals surface area contributed by atoms with Crippen molar-refractivity contribution in [2.24, 2.45) is 23.7 Å². The van der Waals surface area contributed by atoms with Gasteiger partial charge in [-0.25, -0.2) is 48.5 Å². The first-order chi connectivity index (χ1) is 55.9. The van der Waals surface area contributed by atoms with Crippen molar-refractivity contribution in [1.29, 1.82) is 0 Å². The zero-order chi connectivity index (χ0) is 92.0. The molecule has 8 aliphatic heterocycles. The number of carboxylic acids is 4.